The van der Waals surface area contributed by atoms with E-state index in [1.165, 1.54) is 25.7 Å². The third kappa shape index (κ3) is 3.14. The summed E-state index contributed by atoms with van der Waals surface area (Å²) in [6.07, 6.45) is 5.32. The van der Waals surface area contributed by atoms with Gasteiger partial charge in [-0.15, -0.1) is 12.4 Å². The number of hydrogen-bond acceptors (Lipinski definition) is 2. The van der Waals surface area contributed by atoms with Crippen LogP contribution in [0.5, 0.6) is 0 Å². The predicted molar refractivity (Wildman–Crippen MR) is 72.1 cm³/mol. The molecule has 0 aromatic carbocycles. The molecule has 1 aliphatic carbocycles. The van der Waals surface area contributed by atoms with E-state index in [9.17, 15) is 4.79 Å². The van der Waals surface area contributed by atoms with E-state index in [0.717, 1.165) is 24.9 Å². The highest BCUT2D eigenvalue weighted by Crippen LogP contribution is 2.36. The summed E-state index contributed by atoms with van der Waals surface area (Å²) in [5, 5.41) is 0. The number of halogens is 1. The van der Waals surface area contributed by atoms with Crippen molar-refractivity contribution in [2.24, 2.45) is 23.5 Å². The summed E-state index contributed by atoms with van der Waals surface area (Å²) in [6.45, 7) is 5.96. The van der Waals surface area contributed by atoms with Crippen molar-refractivity contribution in [3.8, 4) is 0 Å². The van der Waals surface area contributed by atoms with E-state index in [-0.39, 0.29) is 30.3 Å². The Morgan fingerprint density at radius 1 is 1.18 bits per heavy atom. The fourth-order valence-corrected chi connectivity index (χ4v) is 3.08. The van der Waals surface area contributed by atoms with Crippen LogP contribution in [-0.2, 0) is 4.79 Å². The minimum atomic E-state index is -0.305. The Labute approximate surface area is 111 Å². The Balaban J connectivity index is 0.00000144. The zero-order chi connectivity index (χ0) is 11.7. The first kappa shape index (κ1) is 14.8. The molecule has 1 heterocycles. The molecule has 2 fully saturated rings. The Hall–Kier alpha value is -0.280. The van der Waals surface area contributed by atoms with Gasteiger partial charge in [-0.3, -0.25) is 4.79 Å². The highest BCUT2D eigenvalue weighted by atomic mass is 35.5. The Morgan fingerprint density at radius 2 is 1.65 bits per heavy atom. The van der Waals surface area contributed by atoms with Crippen molar-refractivity contribution in [2.45, 2.75) is 45.6 Å². The molecule has 2 N–H and O–H groups in total. The molecule has 3 nitrogen and oxygen atoms in total. The third-order valence-corrected chi connectivity index (χ3v) is 4.29. The number of nitrogens with two attached hydrogens (primary N) is 1. The van der Waals surface area contributed by atoms with E-state index in [0.29, 0.717) is 0 Å². The van der Waals surface area contributed by atoms with Gasteiger partial charge in [0.05, 0.1) is 6.04 Å². The molecule has 0 aromatic rings. The maximum atomic E-state index is 12.1. The van der Waals surface area contributed by atoms with Gasteiger partial charge < -0.3 is 10.6 Å². The first-order chi connectivity index (χ1) is 7.59. The van der Waals surface area contributed by atoms with Crippen molar-refractivity contribution < 1.29 is 4.79 Å². The summed E-state index contributed by atoms with van der Waals surface area (Å²) in [4.78, 5) is 14.2. The van der Waals surface area contributed by atoms with Crippen LogP contribution in [0.3, 0.4) is 0 Å². The van der Waals surface area contributed by atoms with Crippen LogP contribution in [-0.4, -0.2) is 29.9 Å². The summed E-state index contributed by atoms with van der Waals surface area (Å²) in [7, 11) is 0. The average Bonchev–Trinajstić information content (AvgIpc) is 2.70. The third-order valence-electron chi connectivity index (χ3n) is 4.29. The lowest BCUT2D eigenvalue weighted by molar-refractivity contribution is -0.132. The van der Waals surface area contributed by atoms with Crippen LogP contribution < -0.4 is 5.73 Å². The summed E-state index contributed by atoms with van der Waals surface area (Å²) in [5.74, 6) is 1.94. The standard InChI is InChI=1S/C13H24N2O.ClH/c1-9(2)12(14)13(16)15-7-10-5-3-4-6-11(10)8-15;/h9-12H,3-8,14H2,1-2H3;1H/t10?,11?,12-;/m1./s1. The normalized spacial score (nSPS) is 29.8. The fraction of sp³-hybridized carbons (Fsp3) is 0.923. The van der Waals surface area contributed by atoms with Crippen molar-refractivity contribution >= 4 is 18.3 Å². The van der Waals surface area contributed by atoms with Crippen molar-refractivity contribution in [1.82, 2.24) is 4.90 Å². The minimum Gasteiger partial charge on any atom is -0.341 e. The van der Waals surface area contributed by atoms with Crippen LogP contribution in [0.2, 0.25) is 0 Å². The summed E-state index contributed by atoms with van der Waals surface area (Å²) in [6, 6.07) is -0.305. The molecule has 0 radical (unpaired) electrons. The summed E-state index contributed by atoms with van der Waals surface area (Å²) in [5.41, 5.74) is 5.94. The van der Waals surface area contributed by atoms with Gasteiger partial charge in [-0.05, 0) is 30.6 Å². The average molecular weight is 261 g/mol. The fourth-order valence-electron chi connectivity index (χ4n) is 3.08. The Kier molecular flexibility index (Phi) is 5.26. The van der Waals surface area contributed by atoms with E-state index in [2.05, 4.69) is 0 Å². The van der Waals surface area contributed by atoms with E-state index in [1.54, 1.807) is 0 Å². The van der Waals surface area contributed by atoms with Crippen LogP contribution in [0.15, 0.2) is 0 Å². The van der Waals surface area contributed by atoms with Crippen molar-refractivity contribution in [3.05, 3.63) is 0 Å². The van der Waals surface area contributed by atoms with Crippen LogP contribution in [0.4, 0.5) is 0 Å². The van der Waals surface area contributed by atoms with Gasteiger partial charge in [-0.25, -0.2) is 0 Å². The minimum absolute atomic E-state index is 0. The van der Waals surface area contributed by atoms with E-state index in [4.69, 9.17) is 5.73 Å². The van der Waals surface area contributed by atoms with Crippen LogP contribution >= 0.6 is 12.4 Å². The molecule has 1 amide bonds. The van der Waals surface area contributed by atoms with Crippen LogP contribution in [0.25, 0.3) is 0 Å². The molecule has 1 saturated carbocycles. The van der Waals surface area contributed by atoms with Crippen LogP contribution in [0.1, 0.15) is 39.5 Å². The molecule has 1 aliphatic heterocycles. The lowest BCUT2D eigenvalue weighted by Crippen LogP contribution is -2.45. The number of hydrogen-bond donors (Lipinski definition) is 1. The topological polar surface area (TPSA) is 46.3 Å². The second-order valence-corrected chi connectivity index (χ2v) is 5.82. The van der Waals surface area contributed by atoms with E-state index >= 15 is 0 Å². The van der Waals surface area contributed by atoms with Gasteiger partial charge in [0.25, 0.3) is 0 Å². The Bertz CT molecular complexity index is 256. The smallest absolute Gasteiger partial charge is 0.239 e. The van der Waals surface area contributed by atoms with Crippen molar-refractivity contribution in [3.63, 3.8) is 0 Å². The van der Waals surface area contributed by atoms with E-state index < -0.39 is 0 Å². The molecule has 17 heavy (non-hydrogen) atoms. The number of carbonyl (C=O) groups excluding carboxylic acids is 1. The summed E-state index contributed by atoms with van der Waals surface area (Å²) < 4.78 is 0. The molecule has 100 valence electrons. The van der Waals surface area contributed by atoms with Gasteiger partial charge in [0.2, 0.25) is 5.91 Å². The lowest BCUT2D eigenvalue weighted by atomic mass is 9.82. The number of fused-ring (bicyclic) bond motifs is 1. The molecule has 2 unspecified atom stereocenters. The molecular formula is C13H25ClN2O. The highest BCUT2D eigenvalue weighted by molar-refractivity contribution is 5.85. The molecular weight excluding hydrogens is 236 g/mol. The van der Waals surface area contributed by atoms with Gasteiger partial charge in [0.1, 0.15) is 0 Å². The van der Waals surface area contributed by atoms with Crippen molar-refractivity contribution in [2.75, 3.05) is 13.1 Å². The molecule has 0 bridgehead atoms. The van der Waals surface area contributed by atoms with Gasteiger partial charge in [-0.1, -0.05) is 26.7 Å². The van der Waals surface area contributed by atoms with Crippen LogP contribution in [0, 0.1) is 17.8 Å². The first-order valence-corrected chi connectivity index (χ1v) is 6.64. The number of amides is 1. The number of carbonyl (C=O) groups is 1. The highest BCUT2D eigenvalue weighted by Gasteiger charge is 2.37. The Morgan fingerprint density at radius 3 is 2.06 bits per heavy atom. The number of likely N-dealkylation sites (tertiary alicyclic amines) is 1. The maximum absolute atomic E-state index is 12.1. The van der Waals surface area contributed by atoms with Gasteiger partial charge in [0.15, 0.2) is 0 Å². The molecule has 0 aromatic heterocycles. The largest absolute Gasteiger partial charge is 0.341 e. The lowest BCUT2D eigenvalue weighted by Gasteiger charge is -2.23. The SMILES string of the molecule is CC(C)[C@@H](N)C(=O)N1CC2CCCCC2C1.Cl. The second-order valence-electron chi connectivity index (χ2n) is 5.82. The monoisotopic (exact) mass is 260 g/mol. The van der Waals surface area contributed by atoms with E-state index in [1.807, 2.05) is 18.7 Å². The number of rotatable bonds is 2. The molecule has 0 spiro atoms. The zero-order valence-electron chi connectivity index (χ0n) is 10.9. The van der Waals surface area contributed by atoms with Gasteiger partial charge in [-0.2, -0.15) is 0 Å². The zero-order valence-corrected chi connectivity index (χ0v) is 11.7. The quantitative estimate of drug-likeness (QED) is 0.826. The van der Waals surface area contributed by atoms with Gasteiger partial charge in [0, 0.05) is 13.1 Å². The summed E-state index contributed by atoms with van der Waals surface area (Å²) >= 11 is 0. The van der Waals surface area contributed by atoms with Gasteiger partial charge >= 0.3 is 0 Å². The predicted octanol–water partition coefficient (Wildman–Crippen LogP) is 2.04. The molecule has 1 saturated heterocycles. The first-order valence-electron chi connectivity index (χ1n) is 6.64. The molecule has 2 aliphatic rings. The molecule has 2 rings (SSSR count). The van der Waals surface area contributed by atoms with Crippen molar-refractivity contribution in [1.29, 1.82) is 0 Å². The molecule has 4 heteroatoms. The number of nitrogens with zero attached hydrogens (tertiary/aromatic N) is 1. The second kappa shape index (κ2) is 6.05. The molecule has 3 atom stereocenters. The maximum Gasteiger partial charge on any atom is 0.239 e.